The fourth-order valence-corrected chi connectivity index (χ4v) is 3.91. The van der Waals surface area contributed by atoms with Crippen molar-refractivity contribution < 1.29 is 4.79 Å². The number of benzene rings is 4. The van der Waals surface area contributed by atoms with Crippen molar-refractivity contribution in [2.45, 2.75) is 5.92 Å². The molecule has 0 unspecified atom stereocenters. The van der Waals surface area contributed by atoms with Crippen molar-refractivity contribution in [2.75, 3.05) is 5.32 Å². The normalized spacial score (nSPS) is 11.1. The molecule has 1 amide bonds. The molecule has 1 aromatic heterocycles. The lowest BCUT2D eigenvalue weighted by Crippen LogP contribution is -2.22. The van der Waals surface area contributed by atoms with E-state index < -0.39 is 5.92 Å². The molecule has 0 aliphatic carbocycles. The number of rotatable bonds is 5. The van der Waals surface area contributed by atoms with Crippen LogP contribution in [0.2, 0.25) is 5.02 Å². The molecule has 0 radical (unpaired) electrons. The average molecular weight is 439 g/mol. The zero-order valence-corrected chi connectivity index (χ0v) is 17.8. The van der Waals surface area contributed by atoms with Crippen molar-refractivity contribution in [3.8, 4) is 5.69 Å². The summed E-state index contributed by atoms with van der Waals surface area (Å²) in [5.41, 5.74) is 4.45. The second-order valence-corrected chi connectivity index (χ2v) is 7.80. The molecule has 5 aromatic rings. The van der Waals surface area contributed by atoms with Crippen LogP contribution in [0.15, 0.2) is 103 Å². The Labute approximate surface area is 190 Å². The van der Waals surface area contributed by atoms with Crippen molar-refractivity contribution in [3.63, 3.8) is 0 Å². The average Bonchev–Trinajstić information content (AvgIpc) is 3.24. The molecule has 32 heavy (non-hydrogen) atoms. The van der Waals surface area contributed by atoms with Gasteiger partial charge in [0.05, 0.1) is 22.3 Å². The van der Waals surface area contributed by atoms with Gasteiger partial charge in [0.25, 0.3) is 0 Å². The number of carbonyl (C=O) groups is 1. The first-order chi connectivity index (χ1) is 15.7. The number of nitrogens with one attached hydrogen (secondary N) is 1. The third-order valence-corrected chi connectivity index (χ3v) is 5.55. The molecule has 0 fully saturated rings. The van der Waals surface area contributed by atoms with Gasteiger partial charge in [0.2, 0.25) is 5.91 Å². The van der Waals surface area contributed by atoms with Crippen LogP contribution in [-0.2, 0) is 4.79 Å². The Kier molecular flexibility index (Phi) is 5.40. The molecule has 1 N–H and O–H groups in total. The zero-order valence-electron chi connectivity index (χ0n) is 17.0. The quantitative estimate of drug-likeness (QED) is 0.374. The van der Waals surface area contributed by atoms with E-state index in [0.29, 0.717) is 21.7 Å². The van der Waals surface area contributed by atoms with Crippen LogP contribution in [0.1, 0.15) is 17.0 Å². The second-order valence-electron chi connectivity index (χ2n) is 7.39. The Morgan fingerprint density at radius 3 is 1.81 bits per heavy atom. The fourth-order valence-electron chi connectivity index (χ4n) is 3.70. The molecule has 0 saturated heterocycles. The number of anilines is 1. The topological polar surface area (TPSA) is 59.8 Å². The van der Waals surface area contributed by atoms with Crippen molar-refractivity contribution in [1.82, 2.24) is 15.0 Å². The maximum atomic E-state index is 13.4. The third-order valence-electron chi connectivity index (χ3n) is 5.24. The van der Waals surface area contributed by atoms with Gasteiger partial charge >= 0.3 is 0 Å². The summed E-state index contributed by atoms with van der Waals surface area (Å²) in [7, 11) is 0. The first-order valence-corrected chi connectivity index (χ1v) is 10.6. The van der Waals surface area contributed by atoms with Gasteiger partial charge in [-0.15, -0.1) is 10.2 Å². The Hall–Kier alpha value is -3.96. The molecule has 5 rings (SSSR count). The number of hydrogen-bond acceptors (Lipinski definition) is 3. The van der Waals surface area contributed by atoms with Crippen LogP contribution < -0.4 is 5.32 Å². The highest BCUT2D eigenvalue weighted by Crippen LogP contribution is 2.30. The summed E-state index contributed by atoms with van der Waals surface area (Å²) in [6, 6.07) is 32.5. The number of amides is 1. The van der Waals surface area contributed by atoms with E-state index in [1.807, 2.05) is 91.0 Å². The van der Waals surface area contributed by atoms with Crippen LogP contribution in [0.4, 0.5) is 5.69 Å². The predicted molar refractivity (Wildman–Crippen MR) is 127 cm³/mol. The van der Waals surface area contributed by atoms with E-state index in [9.17, 15) is 4.79 Å². The maximum absolute atomic E-state index is 13.4. The van der Waals surface area contributed by atoms with Gasteiger partial charge in [-0.1, -0.05) is 90.5 Å². The van der Waals surface area contributed by atoms with Crippen molar-refractivity contribution in [1.29, 1.82) is 0 Å². The minimum Gasteiger partial charge on any atom is -0.324 e. The number of para-hydroxylation sites is 1. The first kappa shape index (κ1) is 20.0. The fraction of sp³-hybridized carbons (Fsp3) is 0.0385. The Morgan fingerprint density at radius 1 is 0.750 bits per heavy atom. The summed E-state index contributed by atoms with van der Waals surface area (Å²) in [4.78, 5) is 15.0. The number of hydrogen-bond donors (Lipinski definition) is 1. The number of carbonyl (C=O) groups excluding carboxylic acids is 1. The summed E-state index contributed by atoms with van der Waals surface area (Å²) < 4.78 is 0. The summed E-state index contributed by atoms with van der Waals surface area (Å²) in [5, 5.41) is 12.5. The van der Waals surface area contributed by atoms with Crippen LogP contribution in [0.5, 0.6) is 0 Å². The zero-order chi connectivity index (χ0) is 21.9. The molecule has 0 spiro atoms. The highest BCUT2D eigenvalue weighted by atomic mass is 35.5. The van der Waals surface area contributed by atoms with Gasteiger partial charge in [-0.25, -0.2) is 0 Å². The smallest absolute Gasteiger partial charge is 0.236 e. The summed E-state index contributed by atoms with van der Waals surface area (Å²) >= 11 is 6.51. The minimum absolute atomic E-state index is 0.167. The molecule has 5 nitrogen and oxygen atoms in total. The summed E-state index contributed by atoms with van der Waals surface area (Å²) in [6.07, 6.45) is 0. The lowest BCUT2D eigenvalue weighted by molar-refractivity contribution is -0.116. The SMILES string of the molecule is O=C(Nc1cc2nn(-c3ccccc3)nc2cc1Cl)C(c1ccccc1)c1ccccc1. The standard InChI is InChI=1S/C26H19ClN4O/c27-21-16-23-24(30-31(29-23)20-14-8-3-9-15-20)17-22(21)28-26(32)25(18-10-4-1-5-11-18)19-12-6-2-7-13-19/h1-17,25H,(H,28,32). The van der Waals surface area contributed by atoms with E-state index in [2.05, 4.69) is 15.5 Å². The number of halogens is 1. The van der Waals surface area contributed by atoms with Crippen molar-refractivity contribution in [2.24, 2.45) is 0 Å². The van der Waals surface area contributed by atoms with Gasteiger partial charge in [0.15, 0.2) is 0 Å². The van der Waals surface area contributed by atoms with Crippen LogP contribution in [0.25, 0.3) is 16.7 Å². The van der Waals surface area contributed by atoms with Crippen molar-refractivity contribution >= 4 is 34.2 Å². The highest BCUT2D eigenvalue weighted by molar-refractivity contribution is 6.34. The number of nitrogens with zero attached hydrogens (tertiary/aromatic N) is 3. The predicted octanol–water partition coefficient (Wildman–Crippen LogP) is 5.84. The molecule has 0 aliphatic rings. The third kappa shape index (κ3) is 3.98. The van der Waals surface area contributed by atoms with E-state index in [-0.39, 0.29) is 5.91 Å². The van der Waals surface area contributed by atoms with Gasteiger partial charge in [0, 0.05) is 0 Å². The molecular formula is C26H19ClN4O. The van der Waals surface area contributed by atoms with Crippen LogP contribution >= 0.6 is 11.6 Å². The Morgan fingerprint density at radius 2 is 1.25 bits per heavy atom. The van der Waals surface area contributed by atoms with Gasteiger partial charge in [0.1, 0.15) is 11.0 Å². The van der Waals surface area contributed by atoms with E-state index in [0.717, 1.165) is 16.8 Å². The van der Waals surface area contributed by atoms with Gasteiger partial charge in [-0.2, -0.15) is 4.80 Å². The molecule has 0 bridgehead atoms. The monoisotopic (exact) mass is 438 g/mol. The highest BCUT2D eigenvalue weighted by Gasteiger charge is 2.23. The summed E-state index contributed by atoms with van der Waals surface area (Å²) in [6.45, 7) is 0. The number of aromatic nitrogens is 3. The van der Waals surface area contributed by atoms with Crippen LogP contribution in [0.3, 0.4) is 0 Å². The first-order valence-electron chi connectivity index (χ1n) is 10.2. The Balaban J connectivity index is 1.49. The van der Waals surface area contributed by atoms with E-state index in [4.69, 9.17) is 11.6 Å². The summed E-state index contributed by atoms with van der Waals surface area (Å²) in [5.74, 6) is -0.636. The molecule has 6 heteroatoms. The van der Waals surface area contributed by atoms with Gasteiger partial charge in [-0.3, -0.25) is 4.79 Å². The van der Waals surface area contributed by atoms with Crippen molar-refractivity contribution in [3.05, 3.63) is 119 Å². The largest absolute Gasteiger partial charge is 0.324 e. The van der Waals surface area contributed by atoms with Crippen LogP contribution in [-0.4, -0.2) is 20.9 Å². The van der Waals surface area contributed by atoms with E-state index >= 15 is 0 Å². The van der Waals surface area contributed by atoms with E-state index in [1.165, 1.54) is 0 Å². The van der Waals surface area contributed by atoms with E-state index in [1.54, 1.807) is 16.9 Å². The molecule has 156 valence electrons. The lowest BCUT2D eigenvalue weighted by Gasteiger charge is -2.18. The molecule has 0 aliphatic heterocycles. The van der Waals surface area contributed by atoms with Gasteiger partial charge in [-0.05, 0) is 35.4 Å². The molecule has 1 heterocycles. The maximum Gasteiger partial charge on any atom is 0.236 e. The van der Waals surface area contributed by atoms with Crippen LogP contribution in [0, 0.1) is 0 Å². The Bertz CT molecular complexity index is 1330. The minimum atomic E-state index is -0.468. The number of fused-ring (bicyclic) bond motifs is 1. The lowest BCUT2D eigenvalue weighted by atomic mass is 9.90. The second kappa shape index (κ2) is 8.65. The van der Waals surface area contributed by atoms with Gasteiger partial charge < -0.3 is 5.32 Å². The molecule has 0 atom stereocenters. The molecule has 4 aromatic carbocycles. The molecular weight excluding hydrogens is 420 g/mol. The molecule has 0 saturated carbocycles.